The average molecular weight is 423 g/mol. The molecular formula is C20H29BrN3O2+. The van der Waals surface area contributed by atoms with E-state index in [9.17, 15) is 9.59 Å². The van der Waals surface area contributed by atoms with Gasteiger partial charge >= 0.3 is 0 Å². The maximum atomic E-state index is 12.3. The first-order valence-electron chi connectivity index (χ1n) is 9.70. The smallest absolute Gasteiger partial charge is 0.275 e. The van der Waals surface area contributed by atoms with Crippen LogP contribution >= 0.6 is 15.9 Å². The topological polar surface area (TPSA) is 62.6 Å². The van der Waals surface area contributed by atoms with E-state index in [1.807, 2.05) is 25.1 Å². The van der Waals surface area contributed by atoms with Gasteiger partial charge in [-0.3, -0.25) is 9.59 Å². The summed E-state index contributed by atoms with van der Waals surface area (Å²) in [7, 11) is 0. The number of halogens is 1. The number of hydrogen-bond donors (Lipinski definition) is 3. The van der Waals surface area contributed by atoms with E-state index in [2.05, 4.69) is 26.6 Å². The van der Waals surface area contributed by atoms with Crippen LogP contribution in [0, 0.1) is 12.8 Å². The highest BCUT2D eigenvalue weighted by Gasteiger charge is 2.37. The van der Waals surface area contributed by atoms with Gasteiger partial charge in [0, 0.05) is 16.1 Å². The van der Waals surface area contributed by atoms with E-state index in [1.54, 1.807) is 0 Å². The molecule has 5 nitrogen and oxygen atoms in total. The molecule has 1 heterocycles. The number of benzene rings is 1. The van der Waals surface area contributed by atoms with Crippen molar-refractivity contribution in [1.82, 2.24) is 5.32 Å². The van der Waals surface area contributed by atoms with Gasteiger partial charge in [0.1, 0.15) is 0 Å². The summed E-state index contributed by atoms with van der Waals surface area (Å²) in [5.74, 6) is 0.589. The number of hydrogen-bond acceptors (Lipinski definition) is 2. The number of likely N-dealkylation sites (tertiary alicyclic amines) is 1. The van der Waals surface area contributed by atoms with Gasteiger partial charge in [-0.15, -0.1) is 0 Å². The van der Waals surface area contributed by atoms with Crippen LogP contribution in [0.25, 0.3) is 0 Å². The average Bonchev–Trinajstić information content (AvgIpc) is 2.63. The van der Waals surface area contributed by atoms with Crippen LogP contribution in [-0.2, 0) is 9.59 Å². The molecule has 1 aliphatic carbocycles. The van der Waals surface area contributed by atoms with Gasteiger partial charge in [-0.25, -0.2) is 0 Å². The van der Waals surface area contributed by atoms with Gasteiger partial charge in [-0.1, -0.05) is 22.4 Å². The molecule has 6 heteroatoms. The fourth-order valence-corrected chi connectivity index (χ4v) is 4.97. The third kappa shape index (κ3) is 5.07. The Labute approximate surface area is 164 Å². The van der Waals surface area contributed by atoms with Crippen LogP contribution in [-0.4, -0.2) is 37.5 Å². The molecule has 0 radical (unpaired) electrons. The zero-order chi connectivity index (χ0) is 18.5. The molecule has 2 amide bonds. The first-order valence-corrected chi connectivity index (χ1v) is 10.5. The van der Waals surface area contributed by atoms with Crippen molar-refractivity contribution in [2.75, 3.05) is 25.0 Å². The summed E-state index contributed by atoms with van der Waals surface area (Å²) in [4.78, 5) is 25.9. The predicted molar refractivity (Wildman–Crippen MR) is 106 cm³/mol. The summed E-state index contributed by atoms with van der Waals surface area (Å²) >= 11 is 3.41. The lowest BCUT2D eigenvalue weighted by molar-refractivity contribution is -0.928. The number of carbonyl (C=O) groups is 2. The Morgan fingerprint density at radius 1 is 1.15 bits per heavy atom. The van der Waals surface area contributed by atoms with Gasteiger partial charge in [0.15, 0.2) is 6.54 Å². The van der Waals surface area contributed by atoms with Gasteiger partial charge in [0.05, 0.1) is 19.1 Å². The van der Waals surface area contributed by atoms with Gasteiger partial charge < -0.3 is 15.5 Å². The number of piperidine rings is 1. The molecule has 0 bridgehead atoms. The number of anilines is 1. The van der Waals surface area contributed by atoms with Crippen molar-refractivity contribution in [3.63, 3.8) is 0 Å². The molecule has 3 rings (SSSR count). The Kier molecular flexibility index (Phi) is 6.70. The van der Waals surface area contributed by atoms with Crippen molar-refractivity contribution in [2.45, 2.75) is 51.5 Å². The van der Waals surface area contributed by atoms with Crippen LogP contribution in [0.4, 0.5) is 5.69 Å². The zero-order valence-corrected chi connectivity index (χ0v) is 17.0. The van der Waals surface area contributed by atoms with E-state index in [0.29, 0.717) is 12.6 Å². The van der Waals surface area contributed by atoms with Crippen LogP contribution < -0.4 is 15.5 Å². The van der Waals surface area contributed by atoms with E-state index in [4.69, 9.17) is 0 Å². The molecule has 1 saturated heterocycles. The number of amides is 2. The molecule has 26 heavy (non-hydrogen) atoms. The summed E-state index contributed by atoms with van der Waals surface area (Å²) in [5, 5.41) is 5.66. The number of nitrogens with one attached hydrogen (secondary N) is 3. The fourth-order valence-electron chi connectivity index (χ4n) is 4.50. The summed E-state index contributed by atoms with van der Waals surface area (Å²) in [6.07, 6.45) is 7.75. The van der Waals surface area contributed by atoms with Gasteiger partial charge in [0.2, 0.25) is 5.91 Å². The Hall–Kier alpha value is -1.40. The maximum Gasteiger partial charge on any atom is 0.275 e. The summed E-state index contributed by atoms with van der Waals surface area (Å²) in [5.41, 5.74) is 1.76. The Morgan fingerprint density at radius 2 is 1.92 bits per heavy atom. The molecule has 2 aliphatic rings. The van der Waals surface area contributed by atoms with Crippen molar-refractivity contribution >= 4 is 33.4 Å². The third-order valence-electron chi connectivity index (χ3n) is 5.80. The van der Waals surface area contributed by atoms with Crippen LogP contribution in [0.1, 0.15) is 44.1 Å². The van der Waals surface area contributed by atoms with Crippen molar-refractivity contribution in [2.24, 2.45) is 5.92 Å². The fraction of sp³-hybridized carbons (Fsp3) is 0.600. The monoisotopic (exact) mass is 422 g/mol. The molecular weight excluding hydrogens is 394 g/mol. The molecule has 1 unspecified atom stereocenters. The van der Waals surface area contributed by atoms with E-state index in [0.717, 1.165) is 28.2 Å². The second-order valence-corrected chi connectivity index (χ2v) is 8.58. The minimum atomic E-state index is -0.187. The lowest BCUT2D eigenvalue weighted by atomic mass is 9.78. The lowest BCUT2D eigenvalue weighted by Crippen LogP contribution is -3.18. The Bertz CT molecular complexity index is 662. The van der Waals surface area contributed by atoms with Crippen LogP contribution in [0.5, 0.6) is 0 Å². The molecule has 142 valence electrons. The number of aryl methyl sites for hydroxylation is 1. The largest absolute Gasteiger partial charge is 0.342 e. The summed E-state index contributed by atoms with van der Waals surface area (Å²) in [6.45, 7) is 3.54. The number of quaternary nitrogens is 1. The first kappa shape index (κ1) is 19.4. The standard InChI is InChI=1S/C20H28BrN3O2/c1-14-11-16(21)8-9-17(14)23-19(25)12-22-20(26)13-24-10-4-6-15-5-2-3-7-18(15)24/h8-9,11,15,18H,2-7,10,12-13H2,1H3,(H,22,26)(H,23,25)/p+1/t15-,18-/m0/s1. The number of fused-ring (bicyclic) bond motifs is 1. The van der Waals surface area contributed by atoms with Crippen LogP contribution in [0.2, 0.25) is 0 Å². The minimum absolute atomic E-state index is 0.0195. The van der Waals surface area contributed by atoms with E-state index < -0.39 is 0 Å². The van der Waals surface area contributed by atoms with Crippen molar-refractivity contribution in [1.29, 1.82) is 0 Å². The number of carbonyl (C=O) groups excluding carboxylic acids is 2. The Balaban J connectivity index is 1.45. The van der Waals surface area contributed by atoms with Crippen molar-refractivity contribution in [3.8, 4) is 0 Å². The summed E-state index contributed by atoms with van der Waals surface area (Å²) in [6, 6.07) is 6.35. The van der Waals surface area contributed by atoms with E-state index in [-0.39, 0.29) is 18.4 Å². The summed E-state index contributed by atoms with van der Waals surface area (Å²) < 4.78 is 0.979. The maximum absolute atomic E-state index is 12.3. The molecule has 0 aromatic heterocycles. The van der Waals surface area contributed by atoms with Crippen molar-refractivity contribution in [3.05, 3.63) is 28.2 Å². The molecule has 3 atom stereocenters. The normalized spacial score (nSPS) is 25.2. The highest BCUT2D eigenvalue weighted by molar-refractivity contribution is 9.10. The highest BCUT2D eigenvalue weighted by atomic mass is 79.9. The third-order valence-corrected chi connectivity index (χ3v) is 6.30. The molecule has 1 aromatic carbocycles. The van der Waals surface area contributed by atoms with Crippen molar-refractivity contribution < 1.29 is 14.5 Å². The predicted octanol–water partition coefficient (Wildman–Crippen LogP) is 2.05. The molecule has 1 saturated carbocycles. The van der Waals surface area contributed by atoms with E-state index >= 15 is 0 Å². The SMILES string of the molecule is Cc1cc(Br)ccc1NC(=O)CNC(=O)C[NH+]1CCC[C@@H]2CCCC[C@@H]21. The minimum Gasteiger partial charge on any atom is -0.342 e. The lowest BCUT2D eigenvalue weighted by Gasteiger charge is -2.40. The molecule has 2 fully saturated rings. The van der Waals surface area contributed by atoms with E-state index in [1.165, 1.54) is 43.4 Å². The zero-order valence-electron chi connectivity index (χ0n) is 15.4. The van der Waals surface area contributed by atoms with Gasteiger partial charge in [-0.2, -0.15) is 0 Å². The van der Waals surface area contributed by atoms with Crippen LogP contribution in [0.15, 0.2) is 22.7 Å². The highest BCUT2D eigenvalue weighted by Crippen LogP contribution is 2.28. The number of rotatable bonds is 5. The second kappa shape index (κ2) is 9.00. The molecule has 0 spiro atoms. The quantitative estimate of drug-likeness (QED) is 0.679. The van der Waals surface area contributed by atoms with Gasteiger partial charge in [0.25, 0.3) is 5.91 Å². The molecule has 1 aliphatic heterocycles. The Morgan fingerprint density at radius 3 is 2.73 bits per heavy atom. The first-order chi connectivity index (χ1) is 12.5. The second-order valence-electron chi connectivity index (χ2n) is 7.66. The van der Waals surface area contributed by atoms with Crippen LogP contribution in [0.3, 0.4) is 0 Å². The molecule has 1 aromatic rings. The van der Waals surface area contributed by atoms with Gasteiger partial charge in [-0.05, 0) is 62.8 Å². The molecule has 3 N–H and O–H groups in total.